The molecule has 0 spiro atoms. The first-order chi connectivity index (χ1) is 12.2. The molecule has 2 aliphatic rings. The largest absolute Gasteiger partial charge is 0.497 e. The Kier molecular flexibility index (Phi) is 6.19. The Bertz CT molecular complexity index is 553. The molecular weight excluding hydrogens is 314 g/mol. The van der Waals surface area contributed by atoms with Crippen LogP contribution in [-0.2, 0) is 4.79 Å². The van der Waals surface area contributed by atoms with Crippen LogP contribution in [0, 0.1) is 5.92 Å². The van der Waals surface area contributed by atoms with Crippen molar-refractivity contribution in [2.45, 2.75) is 38.6 Å². The second-order valence-electron chi connectivity index (χ2n) is 7.40. The number of amides is 1. The molecular formula is C20H31N3O2. The second kappa shape index (κ2) is 8.56. The van der Waals surface area contributed by atoms with E-state index in [1.807, 2.05) is 12.1 Å². The highest BCUT2D eigenvalue weighted by Gasteiger charge is 2.24. The minimum atomic E-state index is 0.191. The second-order valence-corrected chi connectivity index (χ2v) is 7.40. The Balaban J connectivity index is 1.43. The molecule has 2 atom stereocenters. The molecule has 1 N–H and O–H groups in total. The number of nitrogens with zero attached hydrogens (tertiary/aromatic N) is 2. The fourth-order valence-corrected chi connectivity index (χ4v) is 3.94. The normalized spacial score (nSPS) is 24.8. The molecule has 5 heteroatoms. The average molecular weight is 345 g/mol. The number of hydrogen-bond acceptors (Lipinski definition) is 4. The molecule has 1 saturated heterocycles. The number of rotatable bonds is 5. The van der Waals surface area contributed by atoms with E-state index in [0.717, 1.165) is 38.3 Å². The molecule has 1 heterocycles. The van der Waals surface area contributed by atoms with Crippen LogP contribution in [0.3, 0.4) is 0 Å². The van der Waals surface area contributed by atoms with Crippen LogP contribution in [0.25, 0.3) is 0 Å². The number of nitrogens with one attached hydrogen (secondary N) is 1. The summed E-state index contributed by atoms with van der Waals surface area (Å²) in [5.41, 5.74) is 1.22. The lowest BCUT2D eigenvalue weighted by Gasteiger charge is -2.36. The zero-order valence-electron chi connectivity index (χ0n) is 15.5. The number of benzene rings is 1. The molecule has 0 bridgehead atoms. The Morgan fingerprint density at radius 2 is 1.80 bits per heavy atom. The van der Waals surface area contributed by atoms with Crippen molar-refractivity contribution in [3.8, 4) is 5.75 Å². The fourth-order valence-electron chi connectivity index (χ4n) is 3.94. The van der Waals surface area contributed by atoms with Crippen LogP contribution >= 0.6 is 0 Å². The molecule has 1 saturated carbocycles. The van der Waals surface area contributed by atoms with Gasteiger partial charge in [-0.25, -0.2) is 0 Å². The summed E-state index contributed by atoms with van der Waals surface area (Å²) in [4.78, 5) is 17.0. The van der Waals surface area contributed by atoms with Gasteiger partial charge in [0.1, 0.15) is 5.75 Å². The van der Waals surface area contributed by atoms with Gasteiger partial charge < -0.3 is 15.0 Å². The van der Waals surface area contributed by atoms with E-state index in [4.69, 9.17) is 4.74 Å². The van der Waals surface area contributed by atoms with Gasteiger partial charge in [-0.3, -0.25) is 9.69 Å². The van der Waals surface area contributed by atoms with E-state index >= 15 is 0 Å². The Morgan fingerprint density at radius 3 is 2.44 bits per heavy atom. The maximum absolute atomic E-state index is 12.4. The SMILES string of the molecule is COc1ccc(N2CCN(CC(=O)N[C@H]3CCCC[C@@H]3C)CC2)cc1. The van der Waals surface area contributed by atoms with Crippen LogP contribution in [0.4, 0.5) is 5.69 Å². The van der Waals surface area contributed by atoms with Crippen molar-refractivity contribution >= 4 is 11.6 Å². The number of ether oxygens (including phenoxy) is 1. The Morgan fingerprint density at radius 1 is 1.12 bits per heavy atom. The van der Waals surface area contributed by atoms with Gasteiger partial charge in [0.05, 0.1) is 13.7 Å². The van der Waals surface area contributed by atoms with Crippen molar-refractivity contribution in [1.82, 2.24) is 10.2 Å². The van der Waals surface area contributed by atoms with Crippen molar-refractivity contribution in [2.75, 3.05) is 44.7 Å². The summed E-state index contributed by atoms with van der Waals surface area (Å²) in [5.74, 6) is 1.69. The lowest BCUT2D eigenvalue weighted by Crippen LogP contribution is -2.51. The topological polar surface area (TPSA) is 44.8 Å². The highest BCUT2D eigenvalue weighted by Crippen LogP contribution is 2.24. The number of anilines is 1. The van der Waals surface area contributed by atoms with Crippen LogP contribution < -0.4 is 15.0 Å². The third-order valence-electron chi connectivity index (χ3n) is 5.63. The molecule has 1 aliphatic heterocycles. The van der Waals surface area contributed by atoms with Gasteiger partial charge in [-0.2, -0.15) is 0 Å². The molecule has 0 radical (unpaired) electrons. The lowest BCUT2D eigenvalue weighted by molar-refractivity contribution is -0.123. The van der Waals surface area contributed by atoms with Gasteiger partial charge in [0.25, 0.3) is 0 Å². The summed E-state index contributed by atoms with van der Waals surface area (Å²) < 4.78 is 5.22. The van der Waals surface area contributed by atoms with E-state index in [0.29, 0.717) is 18.5 Å². The van der Waals surface area contributed by atoms with E-state index in [-0.39, 0.29) is 5.91 Å². The van der Waals surface area contributed by atoms with E-state index in [1.165, 1.54) is 24.9 Å². The maximum atomic E-state index is 12.4. The van der Waals surface area contributed by atoms with Crippen molar-refractivity contribution in [3.05, 3.63) is 24.3 Å². The molecule has 2 fully saturated rings. The molecule has 1 aromatic rings. The smallest absolute Gasteiger partial charge is 0.234 e. The summed E-state index contributed by atoms with van der Waals surface area (Å²) in [5, 5.41) is 3.26. The van der Waals surface area contributed by atoms with Crippen molar-refractivity contribution in [3.63, 3.8) is 0 Å². The van der Waals surface area contributed by atoms with Crippen molar-refractivity contribution in [1.29, 1.82) is 0 Å². The summed E-state index contributed by atoms with van der Waals surface area (Å²) >= 11 is 0. The first-order valence-electron chi connectivity index (χ1n) is 9.56. The van der Waals surface area contributed by atoms with Gasteiger partial charge in [-0.15, -0.1) is 0 Å². The third-order valence-corrected chi connectivity index (χ3v) is 5.63. The number of methoxy groups -OCH3 is 1. The molecule has 3 rings (SSSR count). The van der Waals surface area contributed by atoms with Crippen LogP contribution in [0.5, 0.6) is 5.75 Å². The van der Waals surface area contributed by atoms with E-state index in [2.05, 4.69) is 34.2 Å². The third kappa shape index (κ3) is 4.88. The van der Waals surface area contributed by atoms with Gasteiger partial charge in [0, 0.05) is 37.9 Å². The van der Waals surface area contributed by atoms with Crippen LogP contribution in [0.15, 0.2) is 24.3 Å². The summed E-state index contributed by atoms with van der Waals surface area (Å²) in [7, 11) is 1.69. The Hall–Kier alpha value is -1.75. The molecule has 25 heavy (non-hydrogen) atoms. The molecule has 0 aromatic heterocycles. The molecule has 138 valence electrons. The first kappa shape index (κ1) is 18.1. The van der Waals surface area contributed by atoms with E-state index < -0.39 is 0 Å². The van der Waals surface area contributed by atoms with Gasteiger partial charge in [-0.05, 0) is 43.0 Å². The minimum absolute atomic E-state index is 0.191. The highest BCUT2D eigenvalue weighted by molar-refractivity contribution is 5.78. The lowest BCUT2D eigenvalue weighted by atomic mass is 9.86. The van der Waals surface area contributed by atoms with Gasteiger partial charge in [0.15, 0.2) is 0 Å². The summed E-state index contributed by atoms with van der Waals surface area (Å²) in [6.07, 6.45) is 4.93. The van der Waals surface area contributed by atoms with Gasteiger partial charge >= 0.3 is 0 Å². The quantitative estimate of drug-likeness (QED) is 0.891. The minimum Gasteiger partial charge on any atom is -0.497 e. The standard InChI is InChI=1S/C20H31N3O2/c1-16-5-3-4-6-19(16)21-20(24)15-22-11-13-23(14-12-22)17-7-9-18(25-2)10-8-17/h7-10,16,19H,3-6,11-15H2,1-2H3,(H,21,24)/t16-,19-/m0/s1. The molecule has 1 amide bonds. The fraction of sp³-hybridized carbons (Fsp3) is 0.650. The predicted octanol–water partition coefficient (Wildman–Crippen LogP) is 2.51. The summed E-state index contributed by atoms with van der Waals surface area (Å²) in [6.45, 7) is 6.57. The molecule has 1 aromatic carbocycles. The van der Waals surface area contributed by atoms with E-state index in [1.54, 1.807) is 7.11 Å². The molecule has 0 unspecified atom stereocenters. The molecule has 5 nitrogen and oxygen atoms in total. The Labute approximate surface area is 151 Å². The highest BCUT2D eigenvalue weighted by atomic mass is 16.5. The van der Waals surface area contributed by atoms with Gasteiger partial charge in [0.2, 0.25) is 5.91 Å². The average Bonchev–Trinajstić information content (AvgIpc) is 2.64. The zero-order valence-corrected chi connectivity index (χ0v) is 15.5. The maximum Gasteiger partial charge on any atom is 0.234 e. The monoisotopic (exact) mass is 345 g/mol. The number of carbonyl (C=O) groups excluding carboxylic acids is 1. The first-order valence-corrected chi connectivity index (χ1v) is 9.56. The van der Waals surface area contributed by atoms with Crippen LogP contribution in [-0.4, -0.2) is 56.7 Å². The number of carbonyl (C=O) groups is 1. The van der Waals surface area contributed by atoms with Crippen molar-refractivity contribution < 1.29 is 9.53 Å². The van der Waals surface area contributed by atoms with E-state index in [9.17, 15) is 4.79 Å². The predicted molar refractivity (Wildman–Crippen MR) is 101 cm³/mol. The van der Waals surface area contributed by atoms with Crippen LogP contribution in [0.1, 0.15) is 32.6 Å². The van der Waals surface area contributed by atoms with Crippen molar-refractivity contribution in [2.24, 2.45) is 5.92 Å². The zero-order chi connectivity index (χ0) is 17.6. The summed E-state index contributed by atoms with van der Waals surface area (Å²) in [6, 6.07) is 8.58. The molecule has 1 aliphatic carbocycles. The number of piperazine rings is 1. The van der Waals surface area contributed by atoms with Gasteiger partial charge in [-0.1, -0.05) is 19.8 Å². The number of hydrogen-bond donors (Lipinski definition) is 1. The van der Waals surface area contributed by atoms with Crippen LogP contribution in [0.2, 0.25) is 0 Å².